The van der Waals surface area contributed by atoms with Crippen molar-refractivity contribution >= 4 is 5.78 Å². The Labute approximate surface area is 132 Å². The smallest absolute Gasteiger partial charge is 0.162 e. The van der Waals surface area contributed by atoms with Crippen molar-refractivity contribution in [1.29, 1.82) is 0 Å². The third kappa shape index (κ3) is 2.27. The maximum Gasteiger partial charge on any atom is 0.162 e. The van der Waals surface area contributed by atoms with Crippen LogP contribution in [0, 0.1) is 5.92 Å². The summed E-state index contributed by atoms with van der Waals surface area (Å²) in [7, 11) is 1.64. The lowest BCUT2D eigenvalue weighted by Crippen LogP contribution is -2.52. The van der Waals surface area contributed by atoms with Gasteiger partial charge in [0.25, 0.3) is 0 Å². The summed E-state index contributed by atoms with van der Waals surface area (Å²) in [5.74, 6) is 0.247. The Morgan fingerprint density at radius 3 is 2.68 bits per heavy atom. The zero-order valence-corrected chi connectivity index (χ0v) is 13.6. The van der Waals surface area contributed by atoms with Crippen molar-refractivity contribution in [3.05, 3.63) is 11.6 Å². The quantitative estimate of drug-likeness (QED) is 0.592. The molecular formula is C18H26O4. The van der Waals surface area contributed by atoms with Gasteiger partial charge in [0.05, 0.1) is 18.6 Å². The van der Waals surface area contributed by atoms with Crippen molar-refractivity contribution in [2.45, 2.75) is 75.3 Å². The number of methoxy groups -OCH3 is 1. The first kappa shape index (κ1) is 14.9. The van der Waals surface area contributed by atoms with Crippen LogP contribution >= 0.6 is 0 Å². The van der Waals surface area contributed by atoms with E-state index in [1.54, 1.807) is 12.7 Å². The molecule has 0 radical (unpaired) electrons. The van der Waals surface area contributed by atoms with Crippen molar-refractivity contribution in [1.82, 2.24) is 0 Å². The van der Waals surface area contributed by atoms with Crippen LogP contribution in [-0.4, -0.2) is 42.9 Å². The van der Waals surface area contributed by atoms with Gasteiger partial charge in [0, 0.05) is 13.5 Å². The van der Waals surface area contributed by atoms with Crippen LogP contribution in [-0.2, 0) is 19.0 Å². The molecule has 0 aromatic rings. The largest absolute Gasteiger partial charge is 0.373 e. The maximum atomic E-state index is 12.3. The maximum absolute atomic E-state index is 12.3. The third-order valence-corrected chi connectivity index (χ3v) is 6.21. The third-order valence-electron chi connectivity index (χ3n) is 6.21. The van der Waals surface area contributed by atoms with E-state index in [-0.39, 0.29) is 35.1 Å². The predicted octanol–water partition coefficient (Wildman–Crippen LogP) is 2.80. The lowest BCUT2D eigenvalue weighted by molar-refractivity contribution is -0.142. The van der Waals surface area contributed by atoms with Gasteiger partial charge in [0.2, 0.25) is 0 Å². The number of Topliss-reactive ketones (excluding diaryl/α,β-unsaturated/α-hetero) is 1. The molecule has 0 bridgehead atoms. The van der Waals surface area contributed by atoms with E-state index in [4.69, 9.17) is 14.2 Å². The number of ether oxygens (including phenoxy) is 3. The molecule has 5 atom stereocenters. The van der Waals surface area contributed by atoms with Crippen molar-refractivity contribution in [2.24, 2.45) is 5.92 Å². The van der Waals surface area contributed by atoms with Crippen LogP contribution in [0.5, 0.6) is 0 Å². The van der Waals surface area contributed by atoms with Crippen molar-refractivity contribution in [3.63, 3.8) is 0 Å². The van der Waals surface area contributed by atoms with Gasteiger partial charge in [-0.3, -0.25) is 4.79 Å². The zero-order chi connectivity index (χ0) is 15.4. The average Bonchev–Trinajstić information content (AvgIpc) is 3.35. The Kier molecular flexibility index (Phi) is 3.48. The van der Waals surface area contributed by atoms with Crippen LogP contribution in [0.15, 0.2) is 11.6 Å². The molecule has 2 saturated heterocycles. The lowest BCUT2D eigenvalue weighted by atomic mass is 9.69. The SMILES string of the molecule is CO[C@@H]1C(=O)CC[C@]2(CO2)[C@H]1[C@]1(C)O[C@@H]1CC=C1CCCC1. The van der Waals surface area contributed by atoms with Crippen LogP contribution < -0.4 is 0 Å². The molecule has 2 heterocycles. The van der Waals surface area contributed by atoms with E-state index >= 15 is 0 Å². The Morgan fingerprint density at radius 1 is 1.32 bits per heavy atom. The van der Waals surface area contributed by atoms with Crippen molar-refractivity contribution in [3.8, 4) is 0 Å². The Balaban J connectivity index is 1.50. The number of carbonyl (C=O) groups excluding carboxylic acids is 1. The first-order valence-corrected chi connectivity index (χ1v) is 8.64. The minimum absolute atomic E-state index is 0.0400. The van der Waals surface area contributed by atoms with Gasteiger partial charge in [-0.2, -0.15) is 0 Å². The first-order valence-electron chi connectivity index (χ1n) is 8.64. The van der Waals surface area contributed by atoms with Gasteiger partial charge in [-0.15, -0.1) is 0 Å². The zero-order valence-electron chi connectivity index (χ0n) is 13.6. The minimum atomic E-state index is -0.370. The first-order chi connectivity index (χ1) is 10.6. The molecule has 22 heavy (non-hydrogen) atoms. The lowest BCUT2D eigenvalue weighted by Gasteiger charge is -2.37. The fraction of sp³-hybridized carbons (Fsp3) is 0.833. The summed E-state index contributed by atoms with van der Waals surface area (Å²) in [4.78, 5) is 12.3. The molecule has 2 aliphatic heterocycles. The molecule has 0 aromatic carbocycles. The second kappa shape index (κ2) is 5.15. The predicted molar refractivity (Wildman–Crippen MR) is 81.7 cm³/mol. The molecule has 0 unspecified atom stereocenters. The summed E-state index contributed by atoms with van der Waals surface area (Å²) in [5.41, 5.74) is 1.14. The Bertz CT molecular complexity index is 499. The highest BCUT2D eigenvalue weighted by atomic mass is 16.6. The van der Waals surface area contributed by atoms with E-state index in [9.17, 15) is 4.79 Å². The van der Waals surface area contributed by atoms with Gasteiger partial charge in [-0.05, 0) is 45.4 Å². The molecule has 4 heteroatoms. The van der Waals surface area contributed by atoms with E-state index in [0.717, 1.165) is 19.4 Å². The number of carbonyl (C=O) groups is 1. The standard InChI is InChI=1S/C18H26O4/c1-17(14(22-17)8-7-12-5-3-4-6-12)16-15(20-2)13(19)9-10-18(16)11-21-18/h7,14-16H,3-6,8-11H2,1-2H3/t14-,15-,16-,17-,18+/m1/s1. The average molecular weight is 306 g/mol. The summed E-state index contributed by atoms with van der Waals surface area (Å²) in [6, 6.07) is 0. The molecule has 122 valence electrons. The summed E-state index contributed by atoms with van der Waals surface area (Å²) in [6.45, 7) is 2.89. The van der Waals surface area contributed by atoms with Crippen LogP contribution in [0.2, 0.25) is 0 Å². The van der Waals surface area contributed by atoms with E-state index in [1.807, 2.05) is 0 Å². The minimum Gasteiger partial charge on any atom is -0.373 e. The summed E-state index contributed by atoms with van der Waals surface area (Å²) >= 11 is 0. The van der Waals surface area contributed by atoms with Gasteiger partial charge in [0.15, 0.2) is 5.78 Å². The highest BCUT2D eigenvalue weighted by molar-refractivity contribution is 5.85. The molecule has 0 amide bonds. The van der Waals surface area contributed by atoms with Gasteiger partial charge in [0.1, 0.15) is 17.3 Å². The molecular weight excluding hydrogens is 280 g/mol. The highest BCUT2D eigenvalue weighted by Gasteiger charge is 2.71. The fourth-order valence-corrected chi connectivity index (χ4v) is 4.74. The van der Waals surface area contributed by atoms with E-state index in [1.165, 1.54) is 25.7 Å². The number of ketones is 1. The Morgan fingerprint density at radius 2 is 2.05 bits per heavy atom. The van der Waals surface area contributed by atoms with Gasteiger partial charge >= 0.3 is 0 Å². The molecule has 0 N–H and O–H groups in total. The van der Waals surface area contributed by atoms with Crippen LogP contribution in [0.25, 0.3) is 0 Å². The van der Waals surface area contributed by atoms with Gasteiger partial charge in [-0.25, -0.2) is 0 Å². The van der Waals surface area contributed by atoms with E-state index < -0.39 is 0 Å². The second-order valence-corrected chi connectivity index (χ2v) is 7.55. The number of hydrogen-bond acceptors (Lipinski definition) is 4. The fourth-order valence-electron chi connectivity index (χ4n) is 4.74. The molecule has 4 nitrogen and oxygen atoms in total. The topological polar surface area (TPSA) is 51.4 Å². The van der Waals surface area contributed by atoms with Crippen LogP contribution in [0.4, 0.5) is 0 Å². The van der Waals surface area contributed by atoms with Gasteiger partial charge < -0.3 is 14.2 Å². The molecule has 2 aliphatic carbocycles. The summed E-state index contributed by atoms with van der Waals surface area (Å²) < 4.78 is 17.5. The normalized spacial score (nSPS) is 47.1. The molecule has 1 spiro atoms. The number of rotatable bonds is 4. The van der Waals surface area contributed by atoms with E-state index in [0.29, 0.717) is 6.42 Å². The molecule has 2 saturated carbocycles. The monoisotopic (exact) mass is 306 g/mol. The molecule has 0 aromatic heterocycles. The molecule has 4 fully saturated rings. The summed E-state index contributed by atoms with van der Waals surface area (Å²) in [5, 5.41) is 0. The summed E-state index contributed by atoms with van der Waals surface area (Å²) in [6.07, 6.45) is 9.71. The van der Waals surface area contributed by atoms with Crippen LogP contribution in [0.3, 0.4) is 0 Å². The number of epoxide rings is 2. The van der Waals surface area contributed by atoms with Crippen molar-refractivity contribution < 1.29 is 19.0 Å². The van der Waals surface area contributed by atoms with Crippen molar-refractivity contribution in [2.75, 3.05) is 13.7 Å². The van der Waals surface area contributed by atoms with Gasteiger partial charge in [-0.1, -0.05) is 11.6 Å². The molecule has 4 aliphatic rings. The number of allylic oxidation sites excluding steroid dienone is 1. The number of hydrogen-bond donors (Lipinski definition) is 0. The highest BCUT2D eigenvalue weighted by Crippen LogP contribution is 2.58. The van der Waals surface area contributed by atoms with Crippen LogP contribution in [0.1, 0.15) is 51.9 Å². The Hall–Kier alpha value is -0.710. The van der Waals surface area contributed by atoms with E-state index in [2.05, 4.69) is 13.0 Å². The molecule has 4 rings (SSSR count). The second-order valence-electron chi connectivity index (χ2n) is 7.55.